The van der Waals surface area contributed by atoms with Gasteiger partial charge in [-0.1, -0.05) is 44.2 Å². The van der Waals surface area contributed by atoms with Gasteiger partial charge in [0.05, 0.1) is 11.5 Å². The molecule has 4 rings (SSSR count). The van der Waals surface area contributed by atoms with Crippen molar-refractivity contribution in [1.29, 1.82) is 0 Å². The van der Waals surface area contributed by atoms with Crippen molar-refractivity contribution in [2.45, 2.75) is 51.5 Å². The molecule has 120 valence electrons. The minimum Gasteiger partial charge on any atom is -0.370 e. The second kappa shape index (κ2) is 5.05. The average Bonchev–Trinajstić information content (AvgIpc) is 2.96. The molecule has 0 radical (unpaired) electrons. The molecule has 0 spiro atoms. The Labute approximate surface area is 137 Å². The maximum Gasteiger partial charge on any atom is 0.177 e. The van der Waals surface area contributed by atoms with Gasteiger partial charge in [0.15, 0.2) is 11.6 Å². The van der Waals surface area contributed by atoms with Crippen molar-refractivity contribution in [1.82, 2.24) is 4.90 Å². The van der Waals surface area contributed by atoms with Crippen LogP contribution in [0.2, 0.25) is 0 Å². The summed E-state index contributed by atoms with van der Waals surface area (Å²) in [4.78, 5) is 28.3. The molecule has 0 bridgehead atoms. The zero-order valence-corrected chi connectivity index (χ0v) is 13.8. The predicted octanol–water partition coefficient (Wildman–Crippen LogP) is 3.46. The second-order valence-electron chi connectivity index (χ2n) is 7.92. The van der Waals surface area contributed by atoms with Gasteiger partial charge >= 0.3 is 0 Å². The lowest BCUT2D eigenvalue weighted by molar-refractivity contribution is -0.126. The monoisotopic (exact) mass is 309 g/mol. The normalized spacial score (nSPS) is 29.6. The molecule has 1 aromatic rings. The molecule has 0 amide bonds. The van der Waals surface area contributed by atoms with Gasteiger partial charge in [-0.15, -0.1) is 0 Å². The highest BCUT2D eigenvalue weighted by molar-refractivity contribution is 6.24. The van der Waals surface area contributed by atoms with E-state index in [4.69, 9.17) is 0 Å². The van der Waals surface area contributed by atoms with Gasteiger partial charge in [0, 0.05) is 24.7 Å². The van der Waals surface area contributed by atoms with Crippen LogP contribution in [0.3, 0.4) is 0 Å². The van der Waals surface area contributed by atoms with E-state index in [0.29, 0.717) is 12.0 Å². The highest BCUT2D eigenvalue weighted by Gasteiger charge is 2.49. The summed E-state index contributed by atoms with van der Waals surface area (Å²) < 4.78 is 0. The zero-order valence-electron chi connectivity index (χ0n) is 13.8. The van der Waals surface area contributed by atoms with Crippen LogP contribution in [-0.2, 0) is 9.59 Å². The Balaban J connectivity index is 1.84. The van der Waals surface area contributed by atoms with Gasteiger partial charge in [0.25, 0.3) is 0 Å². The van der Waals surface area contributed by atoms with Gasteiger partial charge in [-0.3, -0.25) is 9.59 Å². The Morgan fingerprint density at radius 1 is 1.09 bits per heavy atom. The topological polar surface area (TPSA) is 37.4 Å². The molecule has 23 heavy (non-hydrogen) atoms. The molecule has 1 saturated heterocycles. The number of nitrogens with zero attached hydrogens (tertiary/aromatic N) is 1. The molecule has 2 heterocycles. The number of carbonyl (C=O) groups excluding carboxylic acids is 2. The first-order valence-electron chi connectivity index (χ1n) is 8.60. The molecule has 0 saturated carbocycles. The van der Waals surface area contributed by atoms with Gasteiger partial charge in [-0.2, -0.15) is 0 Å². The standard InChI is InChI=1S/C20H23NO2/c1-20(2)11-15-18(16(22)12-20)19(23)17(13-7-4-3-5-8-13)14-9-6-10-21(14)15/h3-5,7-8,14,17H,6,9-12H2,1-2H3/t14-,17-/m1/s1. The predicted molar refractivity (Wildman–Crippen MR) is 89.0 cm³/mol. The van der Waals surface area contributed by atoms with Crippen LogP contribution < -0.4 is 0 Å². The second-order valence-corrected chi connectivity index (χ2v) is 7.92. The Bertz CT molecular complexity index is 702. The SMILES string of the molecule is CC1(C)CC(=O)C2=C(C1)N1CCC[C@@H]1[C@@H](c1ccccc1)C2=O. The zero-order chi connectivity index (χ0) is 16.2. The van der Waals surface area contributed by atoms with E-state index in [1.54, 1.807) is 0 Å². The molecule has 3 nitrogen and oxygen atoms in total. The van der Waals surface area contributed by atoms with Crippen LogP contribution in [0.15, 0.2) is 41.6 Å². The van der Waals surface area contributed by atoms with Crippen molar-refractivity contribution in [3.63, 3.8) is 0 Å². The lowest BCUT2D eigenvalue weighted by Gasteiger charge is -2.45. The summed E-state index contributed by atoms with van der Waals surface area (Å²) in [7, 11) is 0. The molecule has 2 atom stereocenters. The summed E-state index contributed by atoms with van der Waals surface area (Å²) in [6, 6.07) is 10.2. The lowest BCUT2D eigenvalue weighted by atomic mass is 9.69. The van der Waals surface area contributed by atoms with Crippen molar-refractivity contribution in [2.75, 3.05) is 6.54 Å². The fraction of sp³-hybridized carbons (Fsp3) is 0.500. The molecule has 1 aromatic carbocycles. The molecule has 1 fully saturated rings. The largest absolute Gasteiger partial charge is 0.370 e. The van der Waals surface area contributed by atoms with Gasteiger partial charge < -0.3 is 4.90 Å². The van der Waals surface area contributed by atoms with E-state index in [-0.39, 0.29) is 28.9 Å². The fourth-order valence-electron chi connectivity index (χ4n) is 4.65. The van der Waals surface area contributed by atoms with Gasteiger partial charge in [0.2, 0.25) is 0 Å². The maximum absolute atomic E-state index is 13.2. The Morgan fingerprint density at radius 2 is 1.83 bits per heavy atom. The van der Waals surface area contributed by atoms with Crippen LogP contribution in [0.4, 0.5) is 0 Å². The smallest absolute Gasteiger partial charge is 0.177 e. The summed E-state index contributed by atoms with van der Waals surface area (Å²) in [6.45, 7) is 5.24. The number of rotatable bonds is 1. The minimum atomic E-state index is -0.178. The van der Waals surface area contributed by atoms with E-state index in [9.17, 15) is 9.59 Å². The molecular weight excluding hydrogens is 286 g/mol. The minimum absolute atomic E-state index is 0.0388. The molecule has 2 aliphatic heterocycles. The first-order valence-corrected chi connectivity index (χ1v) is 8.60. The molecular formula is C20H23NO2. The van der Waals surface area contributed by atoms with Crippen molar-refractivity contribution in [2.24, 2.45) is 5.41 Å². The van der Waals surface area contributed by atoms with Gasteiger partial charge in [-0.25, -0.2) is 0 Å². The molecule has 3 heteroatoms. The fourth-order valence-corrected chi connectivity index (χ4v) is 4.65. The number of hydrogen-bond donors (Lipinski definition) is 0. The molecule has 0 aromatic heterocycles. The van der Waals surface area contributed by atoms with E-state index in [1.165, 1.54) is 0 Å². The quantitative estimate of drug-likeness (QED) is 0.746. The Morgan fingerprint density at radius 3 is 2.57 bits per heavy atom. The van der Waals surface area contributed by atoms with Crippen LogP contribution >= 0.6 is 0 Å². The lowest BCUT2D eigenvalue weighted by Crippen LogP contribution is -2.48. The van der Waals surface area contributed by atoms with Crippen molar-refractivity contribution in [3.05, 3.63) is 47.2 Å². The van der Waals surface area contributed by atoms with Crippen molar-refractivity contribution >= 4 is 11.6 Å². The molecule has 0 N–H and O–H groups in total. The summed E-state index contributed by atoms with van der Waals surface area (Å²) in [6.07, 6.45) is 3.47. The number of benzene rings is 1. The Hall–Kier alpha value is -1.90. The van der Waals surface area contributed by atoms with Crippen LogP contribution in [0.5, 0.6) is 0 Å². The maximum atomic E-state index is 13.2. The highest BCUT2D eigenvalue weighted by Crippen LogP contribution is 2.48. The number of fused-ring (bicyclic) bond motifs is 2. The third kappa shape index (κ3) is 2.25. The summed E-state index contributed by atoms with van der Waals surface area (Å²) in [5.74, 6) is -0.0648. The Kier molecular flexibility index (Phi) is 3.22. The first-order chi connectivity index (χ1) is 11.0. The van der Waals surface area contributed by atoms with E-state index in [0.717, 1.165) is 37.1 Å². The van der Waals surface area contributed by atoms with Gasteiger partial charge in [0.1, 0.15) is 0 Å². The third-order valence-corrected chi connectivity index (χ3v) is 5.57. The third-order valence-electron chi connectivity index (χ3n) is 5.57. The highest BCUT2D eigenvalue weighted by atomic mass is 16.2. The van der Waals surface area contributed by atoms with Crippen molar-refractivity contribution in [3.8, 4) is 0 Å². The summed E-state index contributed by atoms with van der Waals surface area (Å²) in [5, 5.41) is 0. The van der Waals surface area contributed by atoms with E-state index in [2.05, 4.69) is 18.7 Å². The number of allylic oxidation sites excluding steroid dienone is 2. The molecule has 0 unspecified atom stereocenters. The number of carbonyl (C=O) groups is 2. The number of ketones is 2. The molecule has 3 aliphatic rings. The summed E-state index contributed by atoms with van der Waals surface area (Å²) >= 11 is 0. The first kappa shape index (κ1) is 14.7. The van der Waals surface area contributed by atoms with E-state index in [1.807, 2.05) is 30.3 Å². The van der Waals surface area contributed by atoms with Crippen LogP contribution in [0.1, 0.15) is 51.0 Å². The van der Waals surface area contributed by atoms with Crippen LogP contribution in [0, 0.1) is 5.41 Å². The van der Waals surface area contributed by atoms with Crippen molar-refractivity contribution < 1.29 is 9.59 Å². The van der Waals surface area contributed by atoms with Crippen LogP contribution in [0.25, 0.3) is 0 Å². The summed E-state index contributed by atoms with van der Waals surface area (Å²) in [5.41, 5.74) is 2.56. The molecule has 1 aliphatic carbocycles. The number of Topliss-reactive ketones (excluding diaryl/α,β-unsaturated/α-hetero) is 2. The number of hydrogen-bond acceptors (Lipinski definition) is 3. The average molecular weight is 309 g/mol. The van der Waals surface area contributed by atoms with E-state index < -0.39 is 0 Å². The van der Waals surface area contributed by atoms with Gasteiger partial charge in [-0.05, 0) is 30.2 Å². The van der Waals surface area contributed by atoms with Crippen LogP contribution in [-0.4, -0.2) is 29.1 Å². The van der Waals surface area contributed by atoms with E-state index >= 15 is 0 Å².